The third kappa shape index (κ3) is 4.29. The minimum Gasteiger partial charge on any atom is -0.496 e. The molecule has 1 aromatic heterocycles. The molecule has 1 heterocycles. The maximum Gasteiger partial charge on any atom is 0.238 e. The van der Waals surface area contributed by atoms with E-state index >= 15 is 0 Å². The van der Waals surface area contributed by atoms with Gasteiger partial charge >= 0.3 is 0 Å². The number of ether oxygens (including phenoxy) is 2. The molecule has 2 rings (SSSR count). The normalized spacial score (nSPS) is 10.7. The van der Waals surface area contributed by atoms with Crippen molar-refractivity contribution in [1.29, 1.82) is 0 Å². The first kappa shape index (κ1) is 15.5. The van der Waals surface area contributed by atoms with Crippen LogP contribution in [0.2, 0.25) is 0 Å². The van der Waals surface area contributed by atoms with Crippen LogP contribution in [0.5, 0.6) is 11.6 Å². The van der Waals surface area contributed by atoms with E-state index < -0.39 is 0 Å². The number of nitrogens with two attached hydrogens (primary N) is 1. The fourth-order valence-corrected chi connectivity index (χ4v) is 2.56. The molecule has 0 saturated carbocycles. The molecule has 0 atom stereocenters. The van der Waals surface area contributed by atoms with Crippen LogP contribution in [0.4, 0.5) is 5.69 Å². The molecule has 0 aliphatic heterocycles. The summed E-state index contributed by atoms with van der Waals surface area (Å²) in [5, 5.41) is 0.826. The topological polar surface area (TPSA) is 57.4 Å². The Morgan fingerprint density at radius 1 is 1.19 bits per heavy atom. The van der Waals surface area contributed by atoms with Crippen LogP contribution < -0.4 is 15.2 Å². The van der Waals surface area contributed by atoms with Crippen LogP contribution in [0.3, 0.4) is 0 Å². The fourth-order valence-electron chi connectivity index (χ4n) is 1.67. The summed E-state index contributed by atoms with van der Waals surface area (Å²) < 4.78 is 11.0. The van der Waals surface area contributed by atoms with E-state index in [4.69, 9.17) is 15.2 Å². The number of para-hydroxylation sites is 1. The van der Waals surface area contributed by atoms with Crippen LogP contribution >= 0.6 is 11.8 Å². The minimum atomic E-state index is 0.428. The van der Waals surface area contributed by atoms with Crippen molar-refractivity contribution in [3.05, 3.63) is 36.4 Å². The van der Waals surface area contributed by atoms with Gasteiger partial charge < -0.3 is 15.2 Å². The summed E-state index contributed by atoms with van der Waals surface area (Å²) >= 11 is 1.52. The summed E-state index contributed by atoms with van der Waals surface area (Å²) in [4.78, 5) is 5.48. The number of aromatic nitrogens is 1. The minimum absolute atomic E-state index is 0.428. The van der Waals surface area contributed by atoms with Crippen LogP contribution in [0.1, 0.15) is 13.8 Å². The Labute approximate surface area is 129 Å². The van der Waals surface area contributed by atoms with Crippen molar-refractivity contribution in [1.82, 2.24) is 4.98 Å². The Balaban J connectivity index is 2.18. The number of rotatable bonds is 6. The monoisotopic (exact) mass is 304 g/mol. The summed E-state index contributed by atoms with van der Waals surface area (Å²) in [7, 11) is 1.66. The number of methoxy groups -OCH3 is 1. The molecule has 0 aliphatic rings. The lowest BCUT2D eigenvalue weighted by molar-refractivity contribution is 0.261. The highest BCUT2D eigenvalue weighted by atomic mass is 32.2. The largest absolute Gasteiger partial charge is 0.496 e. The molecule has 4 nitrogen and oxygen atoms in total. The molecule has 112 valence electrons. The first-order chi connectivity index (χ1) is 10.1. The third-order valence-electron chi connectivity index (χ3n) is 2.70. The van der Waals surface area contributed by atoms with Gasteiger partial charge in [-0.05, 0) is 30.2 Å². The van der Waals surface area contributed by atoms with Crippen LogP contribution in [-0.2, 0) is 0 Å². The summed E-state index contributed by atoms with van der Waals surface area (Å²) in [5.41, 5.74) is 6.46. The highest BCUT2D eigenvalue weighted by Crippen LogP contribution is 2.35. The zero-order chi connectivity index (χ0) is 15.2. The summed E-state index contributed by atoms with van der Waals surface area (Å²) in [5.74, 6) is 1.74. The molecule has 0 fully saturated rings. The quantitative estimate of drug-likeness (QED) is 0.878. The Morgan fingerprint density at radius 2 is 1.95 bits per heavy atom. The van der Waals surface area contributed by atoms with E-state index in [0.29, 0.717) is 24.1 Å². The Bertz CT molecular complexity index is 603. The van der Waals surface area contributed by atoms with E-state index in [-0.39, 0.29) is 0 Å². The van der Waals surface area contributed by atoms with Gasteiger partial charge in [0.05, 0.1) is 24.3 Å². The summed E-state index contributed by atoms with van der Waals surface area (Å²) in [6.07, 6.45) is 0. The average Bonchev–Trinajstić information content (AvgIpc) is 2.48. The van der Waals surface area contributed by atoms with Gasteiger partial charge in [-0.15, -0.1) is 0 Å². The smallest absolute Gasteiger partial charge is 0.238 e. The molecule has 2 aromatic rings. The van der Waals surface area contributed by atoms with Crippen molar-refractivity contribution in [3.63, 3.8) is 0 Å². The molecule has 0 saturated heterocycles. The molecule has 0 radical (unpaired) electrons. The van der Waals surface area contributed by atoms with Crippen molar-refractivity contribution in [2.75, 3.05) is 19.5 Å². The standard InChI is InChI=1S/C16H20N2O2S/c1-11(2)10-20-16-12(17)8-9-15(18-16)21-14-7-5-4-6-13(14)19-3/h4-9,11H,10,17H2,1-3H3. The second kappa shape index (κ2) is 7.22. The van der Waals surface area contributed by atoms with Gasteiger partial charge in [0.2, 0.25) is 5.88 Å². The Hall–Kier alpha value is -1.88. The van der Waals surface area contributed by atoms with Crippen molar-refractivity contribution in [3.8, 4) is 11.6 Å². The van der Waals surface area contributed by atoms with E-state index in [0.717, 1.165) is 15.7 Å². The maximum absolute atomic E-state index is 5.90. The maximum atomic E-state index is 5.90. The van der Waals surface area contributed by atoms with Crippen molar-refractivity contribution in [2.24, 2.45) is 5.92 Å². The van der Waals surface area contributed by atoms with Gasteiger partial charge in [-0.3, -0.25) is 0 Å². The lowest BCUT2D eigenvalue weighted by atomic mass is 10.2. The highest BCUT2D eigenvalue weighted by Gasteiger charge is 2.09. The number of nitrogen functional groups attached to an aromatic ring is 1. The lowest BCUT2D eigenvalue weighted by Gasteiger charge is -2.12. The van der Waals surface area contributed by atoms with Crippen molar-refractivity contribution < 1.29 is 9.47 Å². The average molecular weight is 304 g/mol. The molecule has 0 spiro atoms. The van der Waals surface area contributed by atoms with E-state index in [9.17, 15) is 0 Å². The number of hydrogen-bond donors (Lipinski definition) is 1. The zero-order valence-electron chi connectivity index (χ0n) is 12.5. The van der Waals surface area contributed by atoms with Crippen LogP contribution in [0.15, 0.2) is 46.3 Å². The van der Waals surface area contributed by atoms with Gasteiger partial charge in [0.25, 0.3) is 0 Å². The second-order valence-corrected chi connectivity index (χ2v) is 6.06. The molecule has 2 N–H and O–H groups in total. The van der Waals surface area contributed by atoms with Gasteiger partial charge in [-0.2, -0.15) is 0 Å². The van der Waals surface area contributed by atoms with Crippen molar-refractivity contribution in [2.45, 2.75) is 23.8 Å². The number of hydrogen-bond acceptors (Lipinski definition) is 5. The predicted octanol–water partition coefficient (Wildman–Crippen LogP) is 3.86. The van der Waals surface area contributed by atoms with E-state index in [1.165, 1.54) is 11.8 Å². The third-order valence-corrected chi connectivity index (χ3v) is 3.69. The number of pyridine rings is 1. The van der Waals surface area contributed by atoms with Gasteiger partial charge in [-0.1, -0.05) is 37.7 Å². The number of benzene rings is 1. The highest BCUT2D eigenvalue weighted by molar-refractivity contribution is 7.99. The van der Waals surface area contributed by atoms with Crippen LogP contribution in [-0.4, -0.2) is 18.7 Å². The Morgan fingerprint density at radius 3 is 2.67 bits per heavy atom. The number of nitrogens with zero attached hydrogens (tertiary/aromatic N) is 1. The molecule has 0 bridgehead atoms. The van der Waals surface area contributed by atoms with Gasteiger partial charge in [0.15, 0.2) is 0 Å². The predicted molar refractivity (Wildman–Crippen MR) is 86.1 cm³/mol. The molecule has 1 aromatic carbocycles. The van der Waals surface area contributed by atoms with Crippen LogP contribution in [0.25, 0.3) is 0 Å². The molecule has 21 heavy (non-hydrogen) atoms. The van der Waals surface area contributed by atoms with E-state index in [1.54, 1.807) is 7.11 Å². The summed E-state index contributed by atoms with van der Waals surface area (Å²) in [6, 6.07) is 11.5. The zero-order valence-corrected chi connectivity index (χ0v) is 13.3. The first-order valence-electron chi connectivity index (χ1n) is 6.80. The lowest BCUT2D eigenvalue weighted by Crippen LogP contribution is -2.07. The van der Waals surface area contributed by atoms with E-state index in [2.05, 4.69) is 18.8 Å². The van der Waals surface area contributed by atoms with E-state index in [1.807, 2.05) is 36.4 Å². The molecule has 0 amide bonds. The van der Waals surface area contributed by atoms with Gasteiger partial charge in [0, 0.05) is 0 Å². The van der Waals surface area contributed by atoms with Crippen LogP contribution in [0, 0.1) is 5.92 Å². The molecular formula is C16H20N2O2S. The first-order valence-corrected chi connectivity index (χ1v) is 7.62. The second-order valence-electron chi connectivity index (χ2n) is 5.00. The summed E-state index contributed by atoms with van der Waals surface area (Å²) in [6.45, 7) is 4.77. The van der Waals surface area contributed by atoms with Gasteiger partial charge in [-0.25, -0.2) is 4.98 Å². The molecule has 0 aliphatic carbocycles. The van der Waals surface area contributed by atoms with Crippen molar-refractivity contribution >= 4 is 17.4 Å². The number of anilines is 1. The molecule has 0 unspecified atom stereocenters. The fraction of sp³-hybridized carbons (Fsp3) is 0.312. The SMILES string of the molecule is COc1ccccc1Sc1ccc(N)c(OCC(C)C)n1. The Kier molecular flexibility index (Phi) is 5.33. The van der Waals surface area contributed by atoms with Gasteiger partial charge in [0.1, 0.15) is 10.8 Å². The molecule has 5 heteroatoms. The molecular weight excluding hydrogens is 284 g/mol.